The van der Waals surface area contributed by atoms with E-state index in [0.717, 1.165) is 22.3 Å². The van der Waals surface area contributed by atoms with Crippen molar-refractivity contribution < 1.29 is 24.2 Å². The maximum atomic E-state index is 13.0. The third kappa shape index (κ3) is 4.58. The van der Waals surface area contributed by atoms with E-state index in [-0.39, 0.29) is 31.8 Å². The summed E-state index contributed by atoms with van der Waals surface area (Å²) >= 11 is 0. The summed E-state index contributed by atoms with van der Waals surface area (Å²) in [5.74, 6) is -1.74. The maximum absolute atomic E-state index is 13.0. The number of carbonyl (C=O) groups is 3. The van der Waals surface area contributed by atoms with E-state index < -0.39 is 29.0 Å². The maximum Gasteiger partial charge on any atom is 0.408 e. The minimum atomic E-state index is -1.38. The first-order valence-electron chi connectivity index (χ1n) is 11.4. The molecule has 0 bridgehead atoms. The van der Waals surface area contributed by atoms with Crippen molar-refractivity contribution in [3.8, 4) is 11.1 Å². The monoisotopic (exact) mass is 452 g/mol. The number of nitrogens with one attached hydrogen (secondary N) is 2. The van der Waals surface area contributed by atoms with Crippen LogP contribution in [0.25, 0.3) is 11.1 Å². The number of benzene rings is 2. The molecule has 3 rings (SSSR count). The first-order chi connectivity index (χ1) is 15.7. The fraction of sp³-hybridized carbons (Fsp3) is 0.423. The molecule has 1 aliphatic carbocycles. The molecule has 0 saturated heterocycles. The molecule has 7 heteroatoms. The first kappa shape index (κ1) is 24.3. The lowest BCUT2D eigenvalue weighted by Gasteiger charge is -2.34. The van der Waals surface area contributed by atoms with Gasteiger partial charge in [-0.25, -0.2) is 9.59 Å². The predicted octanol–water partition coefficient (Wildman–Crippen LogP) is 4.45. The van der Waals surface area contributed by atoms with Gasteiger partial charge in [-0.1, -0.05) is 69.3 Å². The number of amides is 2. The van der Waals surface area contributed by atoms with Gasteiger partial charge in [-0.3, -0.25) is 4.79 Å². The molecule has 33 heavy (non-hydrogen) atoms. The van der Waals surface area contributed by atoms with Gasteiger partial charge in [-0.15, -0.1) is 0 Å². The molecule has 0 heterocycles. The Hall–Kier alpha value is -3.35. The molecule has 0 fully saturated rings. The predicted molar refractivity (Wildman–Crippen MR) is 126 cm³/mol. The molecule has 7 nitrogen and oxygen atoms in total. The number of carboxylic acid groups (broad SMARTS) is 1. The topological polar surface area (TPSA) is 105 Å². The van der Waals surface area contributed by atoms with E-state index in [1.165, 1.54) is 0 Å². The van der Waals surface area contributed by atoms with E-state index in [1.54, 1.807) is 27.7 Å². The second-order valence-corrected chi connectivity index (χ2v) is 8.68. The largest absolute Gasteiger partial charge is 0.480 e. The molecule has 0 radical (unpaired) electrons. The molecule has 176 valence electrons. The summed E-state index contributed by atoms with van der Waals surface area (Å²) in [6, 6.07) is 16.1. The van der Waals surface area contributed by atoms with E-state index in [4.69, 9.17) is 4.74 Å². The van der Waals surface area contributed by atoms with Gasteiger partial charge in [0.1, 0.15) is 17.7 Å². The number of fused-ring (bicyclic) bond motifs is 3. The minimum absolute atomic E-state index is 0.0929. The minimum Gasteiger partial charge on any atom is -0.480 e. The van der Waals surface area contributed by atoms with E-state index in [9.17, 15) is 19.5 Å². The van der Waals surface area contributed by atoms with Crippen LogP contribution in [0.4, 0.5) is 4.79 Å². The normalized spacial score (nSPS) is 14.5. The highest BCUT2D eigenvalue weighted by atomic mass is 16.5. The Kier molecular flexibility index (Phi) is 7.10. The average molecular weight is 453 g/mol. The highest BCUT2D eigenvalue weighted by Crippen LogP contribution is 2.44. The van der Waals surface area contributed by atoms with Crippen molar-refractivity contribution in [2.24, 2.45) is 0 Å². The molecule has 1 aliphatic rings. The molecular weight excluding hydrogens is 420 g/mol. The Labute approximate surface area is 194 Å². The Morgan fingerprint density at radius 1 is 0.879 bits per heavy atom. The summed E-state index contributed by atoms with van der Waals surface area (Å²) < 4.78 is 5.57. The lowest BCUT2D eigenvalue weighted by atomic mass is 9.89. The molecule has 0 saturated carbocycles. The van der Waals surface area contributed by atoms with Gasteiger partial charge in [0, 0.05) is 5.92 Å². The van der Waals surface area contributed by atoms with Crippen LogP contribution >= 0.6 is 0 Å². The number of ether oxygens (including phenoxy) is 1. The lowest BCUT2D eigenvalue weighted by molar-refractivity contribution is -0.149. The van der Waals surface area contributed by atoms with Crippen molar-refractivity contribution in [3.05, 3.63) is 59.7 Å². The number of aliphatic carboxylic acids is 1. The highest BCUT2D eigenvalue weighted by molar-refractivity contribution is 5.94. The summed E-state index contributed by atoms with van der Waals surface area (Å²) in [6.07, 6.45) is 0.0156. The summed E-state index contributed by atoms with van der Waals surface area (Å²) in [4.78, 5) is 37.5. The molecule has 0 aliphatic heterocycles. The third-order valence-corrected chi connectivity index (χ3v) is 6.90. The van der Waals surface area contributed by atoms with Gasteiger partial charge in [-0.2, -0.15) is 0 Å². The molecule has 1 unspecified atom stereocenters. The van der Waals surface area contributed by atoms with E-state index in [2.05, 4.69) is 22.8 Å². The fourth-order valence-electron chi connectivity index (χ4n) is 4.30. The van der Waals surface area contributed by atoms with E-state index >= 15 is 0 Å². The lowest BCUT2D eigenvalue weighted by Crippen LogP contribution is -2.63. The summed E-state index contributed by atoms with van der Waals surface area (Å²) in [7, 11) is 0. The van der Waals surface area contributed by atoms with Gasteiger partial charge in [0.25, 0.3) is 0 Å². The van der Waals surface area contributed by atoms with E-state index in [0.29, 0.717) is 0 Å². The number of rotatable bonds is 9. The fourth-order valence-corrected chi connectivity index (χ4v) is 4.30. The Balaban J connectivity index is 1.71. The zero-order valence-corrected chi connectivity index (χ0v) is 19.6. The van der Waals surface area contributed by atoms with Crippen LogP contribution in [0.3, 0.4) is 0 Å². The molecule has 0 spiro atoms. The Bertz CT molecular complexity index is 1000. The van der Waals surface area contributed by atoms with Crippen LogP contribution in [0, 0.1) is 0 Å². The Morgan fingerprint density at radius 3 is 1.85 bits per heavy atom. The van der Waals surface area contributed by atoms with Crippen LogP contribution in [-0.2, 0) is 14.3 Å². The van der Waals surface area contributed by atoms with Crippen molar-refractivity contribution in [3.63, 3.8) is 0 Å². The van der Waals surface area contributed by atoms with Gasteiger partial charge in [0.15, 0.2) is 0 Å². The number of hydrogen-bond donors (Lipinski definition) is 3. The average Bonchev–Trinajstić information content (AvgIpc) is 3.14. The summed E-state index contributed by atoms with van der Waals surface area (Å²) in [6.45, 7) is 6.87. The van der Waals surface area contributed by atoms with E-state index in [1.807, 2.05) is 36.4 Å². The van der Waals surface area contributed by atoms with Crippen molar-refractivity contribution in [2.45, 2.75) is 64.0 Å². The zero-order chi connectivity index (χ0) is 24.2. The van der Waals surface area contributed by atoms with Gasteiger partial charge in [0.05, 0.1) is 0 Å². The first-order valence-corrected chi connectivity index (χ1v) is 11.4. The van der Waals surface area contributed by atoms with Crippen LogP contribution in [0.15, 0.2) is 48.5 Å². The number of carbonyl (C=O) groups excluding carboxylic acids is 2. The standard InChI is InChI=1S/C26H32N2O5/c1-5-25(4,22(29)27-26(6-2,7-3)23(30)31)28-24(32)33-16-21-19-14-10-8-12-17(19)18-13-9-11-15-20(18)21/h8-15,21H,5-7,16H2,1-4H3,(H,27,29)(H,28,32)(H,30,31). The van der Waals surface area contributed by atoms with Crippen molar-refractivity contribution in [1.29, 1.82) is 0 Å². The SMILES string of the molecule is CCC(C)(NC(=O)OCC1c2ccccc2-c2ccccc21)C(=O)NC(CC)(CC)C(=O)O. The smallest absolute Gasteiger partial charge is 0.408 e. The van der Waals surface area contributed by atoms with Crippen molar-refractivity contribution >= 4 is 18.0 Å². The summed E-state index contributed by atoms with van der Waals surface area (Å²) in [5.41, 5.74) is 1.76. The number of alkyl carbamates (subject to hydrolysis) is 1. The van der Waals surface area contributed by atoms with Gasteiger partial charge in [-0.05, 0) is 48.4 Å². The molecule has 2 amide bonds. The zero-order valence-electron chi connectivity index (χ0n) is 19.6. The molecule has 0 aromatic heterocycles. The number of hydrogen-bond acceptors (Lipinski definition) is 4. The molecular formula is C26H32N2O5. The molecule has 1 atom stereocenters. The quantitative estimate of drug-likeness (QED) is 0.521. The van der Waals surface area contributed by atoms with Crippen molar-refractivity contribution in [2.75, 3.05) is 6.61 Å². The molecule has 2 aromatic rings. The molecule has 3 N–H and O–H groups in total. The highest BCUT2D eigenvalue weighted by Gasteiger charge is 2.42. The third-order valence-electron chi connectivity index (χ3n) is 6.90. The van der Waals surface area contributed by atoms with Gasteiger partial charge < -0.3 is 20.5 Å². The van der Waals surface area contributed by atoms with Crippen molar-refractivity contribution in [1.82, 2.24) is 10.6 Å². The van der Waals surface area contributed by atoms with Crippen LogP contribution in [0.1, 0.15) is 64.0 Å². The van der Waals surface area contributed by atoms with Crippen LogP contribution in [-0.4, -0.2) is 40.8 Å². The van der Waals surface area contributed by atoms with Crippen LogP contribution in [0.5, 0.6) is 0 Å². The number of carboxylic acids is 1. The van der Waals surface area contributed by atoms with Gasteiger partial charge in [0.2, 0.25) is 5.91 Å². The second-order valence-electron chi connectivity index (χ2n) is 8.68. The van der Waals surface area contributed by atoms with Crippen LogP contribution < -0.4 is 10.6 Å². The molecule has 2 aromatic carbocycles. The summed E-state index contributed by atoms with van der Waals surface area (Å²) in [5, 5.41) is 14.9. The second kappa shape index (κ2) is 9.65. The van der Waals surface area contributed by atoms with Crippen LogP contribution in [0.2, 0.25) is 0 Å². The Morgan fingerprint density at radius 2 is 1.39 bits per heavy atom. The van der Waals surface area contributed by atoms with Gasteiger partial charge >= 0.3 is 12.1 Å².